The minimum atomic E-state index is -1.09. The minimum Gasteiger partial charge on any atom is -0.478 e. The van der Waals surface area contributed by atoms with Gasteiger partial charge in [-0.05, 0) is 55.2 Å². The van der Waals surface area contributed by atoms with Crippen molar-refractivity contribution in [2.75, 3.05) is 5.32 Å². The second kappa shape index (κ2) is 11.4. The summed E-state index contributed by atoms with van der Waals surface area (Å²) in [4.78, 5) is 28.7. The average Bonchev–Trinajstić information content (AvgIpc) is 2.81. The Bertz CT molecular complexity index is 1120. The zero-order valence-corrected chi connectivity index (χ0v) is 18.0. The molecule has 0 bridgehead atoms. The Labute approximate surface area is 188 Å². The topological polar surface area (TPSA) is 79.3 Å². The summed E-state index contributed by atoms with van der Waals surface area (Å²) in [5.74, 6) is -1.48. The van der Waals surface area contributed by atoms with Crippen LogP contribution in [0, 0.1) is 0 Å². The average molecular weight is 427 g/mol. The summed E-state index contributed by atoms with van der Waals surface area (Å²) < 4.78 is 0. The quantitative estimate of drug-likeness (QED) is 0.443. The molecule has 32 heavy (non-hydrogen) atoms. The number of carboxylic acids is 1. The maximum Gasteiger partial charge on any atom is 0.337 e. The molecule has 5 nitrogen and oxygen atoms in total. The molecule has 0 aliphatic carbocycles. The first-order valence-electron chi connectivity index (χ1n) is 10.5. The number of hydrogen-bond acceptors (Lipinski definition) is 3. The second-order valence-electron chi connectivity index (χ2n) is 7.32. The van der Waals surface area contributed by atoms with Gasteiger partial charge < -0.3 is 10.4 Å². The molecule has 0 saturated heterocycles. The van der Waals surface area contributed by atoms with Gasteiger partial charge in [-0.25, -0.2) is 4.79 Å². The maximum atomic E-state index is 12.7. The summed E-state index contributed by atoms with van der Waals surface area (Å²) in [6.07, 6.45) is 11.6. The van der Waals surface area contributed by atoms with Gasteiger partial charge in [0.15, 0.2) is 0 Å². The normalized spacial score (nSPS) is 11.2. The van der Waals surface area contributed by atoms with E-state index < -0.39 is 11.9 Å². The molecule has 0 radical (unpaired) electrons. The number of nitrogens with zero attached hydrogens (tertiary/aromatic N) is 1. The highest BCUT2D eigenvalue weighted by molar-refractivity contribution is 6.07. The minimum absolute atomic E-state index is 0.0560. The third-order valence-corrected chi connectivity index (χ3v) is 4.96. The van der Waals surface area contributed by atoms with Gasteiger partial charge in [-0.15, -0.1) is 0 Å². The van der Waals surface area contributed by atoms with Gasteiger partial charge in [-0.1, -0.05) is 60.7 Å². The van der Waals surface area contributed by atoms with Crippen LogP contribution < -0.4 is 5.32 Å². The zero-order valence-electron chi connectivity index (χ0n) is 18.0. The summed E-state index contributed by atoms with van der Waals surface area (Å²) in [5.41, 5.74) is 3.71. The number of aromatic carboxylic acids is 1. The Kier molecular flexibility index (Phi) is 8.09. The lowest BCUT2D eigenvalue weighted by Crippen LogP contribution is -2.15. The van der Waals surface area contributed by atoms with Crippen molar-refractivity contribution in [3.63, 3.8) is 0 Å². The Hall–Kier alpha value is -3.99. The molecular weight excluding hydrogens is 400 g/mol. The van der Waals surface area contributed by atoms with Crippen LogP contribution in [0.1, 0.15) is 44.5 Å². The van der Waals surface area contributed by atoms with Crippen molar-refractivity contribution < 1.29 is 14.7 Å². The summed E-state index contributed by atoms with van der Waals surface area (Å²) >= 11 is 0. The number of nitrogens with one attached hydrogen (secondary N) is 1. The molecule has 0 aliphatic rings. The van der Waals surface area contributed by atoms with Gasteiger partial charge in [0.1, 0.15) is 0 Å². The maximum absolute atomic E-state index is 12.7. The Balaban J connectivity index is 1.71. The van der Waals surface area contributed by atoms with Crippen LogP contribution in [-0.4, -0.2) is 22.0 Å². The Morgan fingerprint density at radius 1 is 0.969 bits per heavy atom. The lowest BCUT2D eigenvalue weighted by molar-refractivity contribution is 0.0698. The van der Waals surface area contributed by atoms with Crippen LogP contribution in [0.15, 0.2) is 91.2 Å². The molecule has 1 aromatic heterocycles. The van der Waals surface area contributed by atoms with Crippen LogP contribution in [0.25, 0.3) is 0 Å². The van der Waals surface area contributed by atoms with E-state index in [0.29, 0.717) is 12.0 Å². The van der Waals surface area contributed by atoms with Gasteiger partial charge in [0.05, 0.1) is 16.8 Å². The summed E-state index contributed by atoms with van der Waals surface area (Å²) in [6, 6.07) is 18.6. The van der Waals surface area contributed by atoms with Gasteiger partial charge in [0.2, 0.25) is 0 Å². The lowest BCUT2D eigenvalue weighted by atomic mass is 10.0. The van der Waals surface area contributed by atoms with Crippen LogP contribution in [-0.2, 0) is 19.3 Å². The Morgan fingerprint density at radius 2 is 1.75 bits per heavy atom. The first kappa shape index (κ1) is 22.7. The van der Waals surface area contributed by atoms with Crippen LogP contribution in [0.5, 0.6) is 0 Å². The first-order valence-corrected chi connectivity index (χ1v) is 10.5. The van der Waals surface area contributed by atoms with Crippen LogP contribution in [0.3, 0.4) is 0 Å². The number of allylic oxidation sites excluding steroid dienone is 4. The molecule has 0 saturated carbocycles. The highest BCUT2D eigenvalue weighted by atomic mass is 16.4. The largest absolute Gasteiger partial charge is 0.478 e. The van der Waals surface area contributed by atoms with E-state index in [1.165, 1.54) is 17.8 Å². The molecule has 162 valence electrons. The highest BCUT2D eigenvalue weighted by Gasteiger charge is 2.15. The number of carboxylic acid groups (broad SMARTS) is 1. The molecule has 5 heteroatoms. The van der Waals surface area contributed by atoms with E-state index >= 15 is 0 Å². The van der Waals surface area contributed by atoms with Crippen molar-refractivity contribution in [1.82, 2.24) is 4.98 Å². The molecule has 3 aromatic rings. The fraction of sp³-hybridized carbons (Fsp3) is 0.148. The van der Waals surface area contributed by atoms with E-state index in [4.69, 9.17) is 0 Å². The molecule has 3 rings (SSSR count). The third-order valence-electron chi connectivity index (χ3n) is 4.96. The van der Waals surface area contributed by atoms with Crippen molar-refractivity contribution in [3.8, 4) is 0 Å². The molecule has 0 fully saturated rings. The molecule has 1 heterocycles. The van der Waals surface area contributed by atoms with Crippen molar-refractivity contribution in [1.29, 1.82) is 0 Å². The first-order chi connectivity index (χ1) is 15.6. The zero-order chi connectivity index (χ0) is 22.8. The molecule has 0 atom stereocenters. The van der Waals surface area contributed by atoms with E-state index in [9.17, 15) is 14.7 Å². The van der Waals surface area contributed by atoms with Gasteiger partial charge >= 0.3 is 5.97 Å². The van der Waals surface area contributed by atoms with E-state index in [2.05, 4.69) is 22.4 Å². The van der Waals surface area contributed by atoms with Crippen molar-refractivity contribution >= 4 is 17.6 Å². The highest BCUT2D eigenvalue weighted by Crippen LogP contribution is 2.20. The number of benzene rings is 2. The number of aryl methyl sites for hydroxylation is 2. The van der Waals surface area contributed by atoms with Crippen LogP contribution in [0.4, 0.5) is 5.69 Å². The van der Waals surface area contributed by atoms with Crippen molar-refractivity contribution in [3.05, 3.63) is 119 Å². The van der Waals surface area contributed by atoms with Crippen molar-refractivity contribution in [2.24, 2.45) is 0 Å². The number of aromatic nitrogens is 1. The number of anilines is 1. The predicted octanol–water partition coefficient (Wildman–Crippen LogP) is 5.49. The van der Waals surface area contributed by atoms with E-state index in [1.54, 1.807) is 24.3 Å². The van der Waals surface area contributed by atoms with Gasteiger partial charge in [-0.3, -0.25) is 9.78 Å². The molecule has 0 unspecified atom stereocenters. The SMILES string of the molecule is C/C=C\C=C/Cc1ccc(C(=O)Nc2cc(CCc3ccccc3)ccc2C(=O)O)cn1. The van der Waals surface area contributed by atoms with E-state index in [1.807, 2.05) is 49.4 Å². The smallest absolute Gasteiger partial charge is 0.337 e. The Morgan fingerprint density at radius 3 is 2.44 bits per heavy atom. The van der Waals surface area contributed by atoms with Gasteiger partial charge in [0.25, 0.3) is 5.91 Å². The van der Waals surface area contributed by atoms with Crippen LogP contribution in [0.2, 0.25) is 0 Å². The monoisotopic (exact) mass is 426 g/mol. The third kappa shape index (κ3) is 6.51. The number of hydrogen-bond donors (Lipinski definition) is 2. The number of pyridine rings is 1. The number of amides is 1. The predicted molar refractivity (Wildman–Crippen MR) is 127 cm³/mol. The summed E-state index contributed by atoms with van der Waals surface area (Å²) in [6.45, 7) is 1.95. The van der Waals surface area contributed by atoms with Gasteiger partial charge in [0, 0.05) is 18.3 Å². The lowest BCUT2D eigenvalue weighted by Gasteiger charge is -2.11. The molecule has 2 aromatic carbocycles. The number of rotatable bonds is 9. The molecule has 2 N–H and O–H groups in total. The number of carbonyl (C=O) groups excluding carboxylic acids is 1. The van der Waals surface area contributed by atoms with Crippen molar-refractivity contribution in [2.45, 2.75) is 26.2 Å². The second-order valence-corrected chi connectivity index (χ2v) is 7.32. The van der Waals surface area contributed by atoms with Crippen LogP contribution >= 0.6 is 0 Å². The molecule has 0 spiro atoms. The molecule has 0 aliphatic heterocycles. The van der Waals surface area contributed by atoms with E-state index in [-0.39, 0.29) is 11.3 Å². The van der Waals surface area contributed by atoms with E-state index in [0.717, 1.165) is 24.1 Å². The fourth-order valence-corrected chi connectivity index (χ4v) is 3.22. The summed E-state index contributed by atoms with van der Waals surface area (Å²) in [5, 5.41) is 12.3. The number of carbonyl (C=O) groups is 2. The summed E-state index contributed by atoms with van der Waals surface area (Å²) in [7, 11) is 0. The standard InChI is InChI=1S/C27H26N2O3/c1-2-3-4-8-11-23-16-15-22(19-28-23)26(30)29-25-18-21(14-17-24(25)27(31)32)13-12-20-9-6-5-7-10-20/h2-10,14-19H,11-13H2,1H3,(H,29,30)(H,31,32)/b3-2-,8-4-. The van der Waals surface area contributed by atoms with Gasteiger partial charge in [-0.2, -0.15) is 0 Å². The molecular formula is C27H26N2O3. The molecule has 1 amide bonds. The fourth-order valence-electron chi connectivity index (χ4n) is 3.22.